The molecule has 0 aromatic heterocycles. The first kappa shape index (κ1) is 16.1. The Labute approximate surface area is 151 Å². The van der Waals surface area contributed by atoms with Gasteiger partial charge in [0.25, 0.3) is 5.91 Å². The summed E-state index contributed by atoms with van der Waals surface area (Å²) in [5.41, 5.74) is 4.07. The first-order valence-corrected chi connectivity index (χ1v) is 8.60. The summed E-state index contributed by atoms with van der Waals surface area (Å²) < 4.78 is 0. The highest BCUT2D eigenvalue weighted by Crippen LogP contribution is 2.40. The number of hydrogen-bond donors (Lipinski definition) is 2. The normalized spacial score (nSPS) is 12.5. The molecule has 3 aromatic rings. The van der Waals surface area contributed by atoms with Crippen LogP contribution < -0.4 is 15.5 Å². The maximum absolute atomic E-state index is 12.5. The van der Waals surface area contributed by atoms with Crippen LogP contribution in [0.25, 0.3) is 10.8 Å². The lowest BCUT2D eigenvalue weighted by Gasteiger charge is -2.16. The number of urea groups is 1. The maximum atomic E-state index is 12.5. The fourth-order valence-electron chi connectivity index (χ4n) is 3.48. The summed E-state index contributed by atoms with van der Waals surface area (Å²) in [6.45, 7) is 4.54. The van der Waals surface area contributed by atoms with Crippen LogP contribution in [0.2, 0.25) is 0 Å². The van der Waals surface area contributed by atoms with Crippen molar-refractivity contribution in [1.29, 1.82) is 0 Å². The van der Waals surface area contributed by atoms with Crippen LogP contribution >= 0.6 is 0 Å². The summed E-state index contributed by atoms with van der Waals surface area (Å²) in [5.74, 6) is 0.00876. The van der Waals surface area contributed by atoms with Gasteiger partial charge in [0.15, 0.2) is 0 Å². The standard InChI is InChI=1S/C21H19N3O2/c1-3-24-18-11-10-17(15-8-5-9-16(19(15)18)20(24)25)23-21(26)22-14-7-4-6-13(2)12-14/h4-12H,3H2,1-2H3,(H2,22,23,26). The Kier molecular flexibility index (Phi) is 3.84. The van der Waals surface area contributed by atoms with Crippen LogP contribution in [0.5, 0.6) is 0 Å². The molecule has 0 saturated heterocycles. The largest absolute Gasteiger partial charge is 0.323 e. The molecule has 3 aromatic carbocycles. The van der Waals surface area contributed by atoms with Gasteiger partial charge in [0, 0.05) is 28.6 Å². The number of aryl methyl sites for hydroxylation is 1. The van der Waals surface area contributed by atoms with E-state index in [4.69, 9.17) is 0 Å². The molecule has 5 heteroatoms. The zero-order chi connectivity index (χ0) is 18.3. The Balaban J connectivity index is 1.67. The Bertz CT molecular complexity index is 1040. The molecule has 0 saturated carbocycles. The Morgan fingerprint density at radius 3 is 2.62 bits per heavy atom. The number of benzene rings is 3. The van der Waals surface area contributed by atoms with E-state index in [0.717, 1.165) is 27.7 Å². The molecule has 0 atom stereocenters. The van der Waals surface area contributed by atoms with Gasteiger partial charge in [-0.1, -0.05) is 24.3 Å². The van der Waals surface area contributed by atoms with E-state index < -0.39 is 0 Å². The zero-order valence-corrected chi connectivity index (χ0v) is 14.7. The zero-order valence-electron chi connectivity index (χ0n) is 14.7. The van der Waals surface area contributed by atoms with E-state index in [-0.39, 0.29) is 11.9 Å². The first-order valence-electron chi connectivity index (χ1n) is 8.60. The molecule has 0 spiro atoms. The minimum Gasteiger partial charge on any atom is -0.308 e. The van der Waals surface area contributed by atoms with E-state index >= 15 is 0 Å². The van der Waals surface area contributed by atoms with Crippen LogP contribution in [0.3, 0.4) is 0 Å². The molecule has 0 aliphatic carbocycles. The lowest BCUT2D eigenvalue weighted by molar-refractivity contribution is 0.0994. The Morgan fingerprint density at radius 2 is 1.85 bits per heavy atom. The second kappa shape index (κ2) is 6.19. The molecule has 130 valence electrons. The van der Waals surface area contributed by atoms with Gasteiger partial charge in [0.1, 0.15) is 0 Å². The van der Waals surface area contributed by atoms with Gasteiger partial charge >= 0.3 is 6.03 Å². The summed E-state index contributed by atoms with van der Waals surface area (Å²) in [6.07, 6.45) is 0. The maximum Gasteiger partial charge on any atom is 0.323 e. The first-order chi connectivity index (χ1) is 12.6. The Morgan fingerprint density at radius 1 is 1.04 bits per heavy atom. The third-order valence-corrected chi connectivity index (χ3v) is 4.63. The second-order valence-electron chi connectivity index (χ2n) is 6.36. The topological polar surface area (TPSA) is 61.4 Å². The molecule has 2 N–H and O–H groups in total. The van der Waals surface area contributed by atoms with E-state index in [0.29, 0.717) is 17.8 Å². The average molecular weight is 345 g/mol. The predicted octanol–water partition coefficient (Wildman–Crippen LogP) is 4.77. The van der Waals surface area contributed by atoms with Crippen LogP contribution in [0.4, 0.5) is 21.9 Å². The fourth-order valence-corrected chi connectivity index (χ4v) is 3.48. The van der Waals surface area contributed by atoms with Crippen LogP contribution in [0.1, 0.15) is 22.8 Å². The van der Waals surface area contributed by atoms with E-state index in [2.05, 4.69) is 10.6 Å². The van der Waals surface area contributed by atoms with Crippen molar-refractivity contribution >= 4 is 39.8 Å². The monoisotopic (exact) mass is 345 g/mol. The highest BCUT2D eigenvalue weighted by molar-refractivity contribution is 6.27. The molecule has 1 aliphatic rings. The second-order valence-corrected chi connectivity index (χ2v) is 6.36. The molecular formula is C21H19N3O2. The summed E-state index contributed by atoms with van der Waals surface area (Å²) in [6, 6.07) is 16.7. The van der Waals surface area contributed by atoms with Crippen molar-refractivity contribution in [2.75, 3.05) is 22.1 Å². The summed E-state index contributed by atoms with van der Waals surface area (Å²) in [7, 11) is 0. The van der Waals surface area contributed by atoms with Gasteiger partial charge in [-0.3, -0.25) is 4.79 Å². The van der Waals surface area contributed by atoms with Crippen LogP contribution in [-0.2, 0) is 0 Å². The van der Waals surface area contributed by atoms with Crippen molar-refractivity contribution in [2.45, 2.75) is 13.8 Å². The molecule has 1 aliphatic heterocycles. The Hall–Kier alpha value is -3.34. The number of hydrogen-bond acceptors (Lipinski definition) is 2. The van der Waals surface area contributed by atoms with Gasteiger partial charge < -0.3 is 15.5 Å². The highest BCUT2D eigenvalue weighted by Gasteiger charge is 2.29. The molecular weight excluding hydrogens is 326 g/mol. The van der Waals surface area contributed by atoms with Crippen LogP contribution in [0, 0.1) is 6.92 Å². The molecule has 0 unspecified atom stereocenters. The molecule has 3 amide bonds. The third kappa shape index (κ3) is 2.58. The van der Waals surface area contributed by atoms with Crippen molar-refractivity contribution in [3.8, 4) is 0 Å². The van der Waals surface area contributed by atoms with Crippen molar-refractivity contribution < 1.29 is 9.59 Å². The van der Waals surface area contributed by atoms with Gasteiger partial charge in [-0.25, -0.2) is 4.79 Å². The van der Waals surface area contributed by atoms with E-state index in [1.54, 1.807) is 4.90 Å². The summed E-state index contributed by atoms with van der Waals surface area (Å²) in [5, 5.41) is 7.51. The molecule has 1 heterocycles. The van der Waals surface area contributed by atoms with Gasteiger partial charge in [0.2, 0.25) is 0 Å². The molecule has 26 heavy (non-hydrogen) atoms. The van der Waals surface area contributed by atoms with Gasteiger partial charge in [-0.2, -0.15) is 0 Å². The number of nitrogens with zero attached hydrogens (tertiary/aromatic N) is 1. The SMILES string of the molecule is CCN1C(=O)c2cccc3c(NC(=O)Nc4cccc(C)c4)ccc1c23. The number of amides is 3. The van der Waals surface area contributed by atoms with Crippen molar-refractivity contribution in [3.63, 3.8) is 0 Å². The van der Waals surface area contributed by atoms with E-state index in [9.17, 15) is 9.59 Å². The highest BCUT2D eigenvalue weighted by atomic mass is 16.2. The number of carbonyl (C=O) groups excluding carboxylic acids is 2. The van der Waals surface area contributed by atoms with Crippen molar-refractivity contribution in [1.82, 2.24) is 0 Å². The summed E-state index contributed by atoms with van der Waals surface area (Å²) >= 11 is 0. The third-order valence-electron chi connectivity index (χ3n) is 4.63. The lowest BCUT2D eigenvalue weighted by atomic mass is 10.0. The molecule has 0 radical (unpaired) electrons. The minimum absolute atomic E-state index is 0.00876. The van der Waals surface area contributed by atoms with Gasteiger partial charge in [0.05, 0.1) is 11.4 Å². The smallest absolute Gasteiger partial charge is 0.308 e. The quantitative estimate of drug-likeness (QED) is 0.718. The number of anilines is 3. The molecule has 0 fully saturated rings. The van der Waals surface area contributed by atoms with Crippen LogP contribution in [-0.4, -0.2) is 18.5 Å². The lowest BCUT2D eigenvalue weighted by Crippen LogP contribution is -2.25. The summed E-state index contributed by atoms with van der Waals surface area (Å²) in [4.78, 5) is 26.7. The minimum atomic E-state index is -0.312. The molecule has 5 nitrogen and oxygen atoms in total. The van der Waals surface area contributed by atoms with Crippen molar-refractivity contribution in [2.24, 2.45) is 0 Å². The number of carbonyl (C=O) groups is 2. The molecule has 4 rings (SSSR count). The van der Waals surface area contributed by atoms with E-state index in [1.807, 2.05) is 68.4 Å². The van der Waals surface area contributed by atoms with E-state index in [1.165, 1.54) is 0 Å². The van der Waals surface area contributed by atoms with Crippen LogP contribution in [0.15, 0.2) is 54.6 Å². The van der Waals surface area contributed by atoms with Gasteiger partial charge in [-0.05, 0) is 49.7 Å². The predicted molar refractivity (Wildman–Crippen MR) is 105 cm³/mol. The molecule has 0 bridgehead atoms. The van der Waals surface area contributed by atoms with Crippen molar-refractivity contribution in [3.05, 3.63) is 65.7 Å². The average Bonchev–Trinajstić information content (AvgIpc) is 2.90. The fraction of sp³-hybridized carbons (Fsp3) is 0.143. The van der Waals surface area contributed by atoms with Gasteiger partial charge in [-0.15, -0.1) is 0 Å². The number of rotatable bonds is 3. The number of nitrogens with one attached hydrogen (secondary N) is 2.